The van der Waals surface area contributed by atoms with Crippen molar-refractivity contribution in [1.29, 1.82) is 0 Å². The highest BCUT2D eigenvalue weighted by Crippen LogP contribution is 2.19. The molecule has 1 amide bonds. The first-order valence-corrected chi connectivity index (χ1v) is 7.49. The first-order chi connectivity index (χ1) is 9.49. The van der Waals surface area contributed by atoms with E-state index in [-0.39, 0.29) is 5.91 Å². The minimum Gasteiger partial charge on any atom is -0.339 e. The van der Waals surface area contributed by atoms with Crippen LogP contribution < -0.4 is 0 Å². The Labute approximate surface area is 125 Å². The van der Waals surface area contributed by atoms with Crippen LogP contribution in [0.2, 0.25) is 5.15 Å². The van der Waals surface area contributed by atoms with E-state index >= 15 is 0 Å². The van der Waals surface area contributed by atoms with E-state index < -0.39 is 0 Å². The lowest BCUT2D eigenvalue weighted by Gasteiger charge is -2.38. The third-order valence-electron chi connectivity index (χ3n) is 4.07. The van der Waals surface area contributed by atoms with Gasteiger partial charge in [-0.1, -0.05) is 11.6 Å². The average molecular weight is 296 g/mol. The fraction of sp³-hybridized carbons (Fsp3) is 0.600. The second kappa shape index (κ2) is 6.55. The number of likely N-dealkylation sites (tertiary alicyclic amines) is 1. The lowest BCUT2D eigenvalue weighted by molar-refractivity contribution is 0.0615. The van der Waals surface area contributed by atoms with Crippen molar-refractivity contribution >= 4 is 17.5 Å². The Morgan fingerprint density at radius 1 is 1.45 bits per heavy atom. The smallest absolute Gasteiger partial charge is 0.254 e. The molecular weight excluding hydrogens is 274 g/mol. The van der Waals surface area contributed by atoms with E-state index in [0.29, 0.717) is 22.8 Å². The molecule has 5 heteroatoms. The van der Waals surface area contributed by atoms with Crippen LogP contribution in [0.3, 0.4) is 0 Å². The Bertz CT molecular complexity index is 470. The van der Waals surface area contributed by atoms with Crippen LogP contribution in [-0.4, -0.2) is 52.9 Å². The Balaban J connectivity index is 1.98. The van der Waals surface area contributed by atoms with E-state index in [4.69, 9.17) is 11.6 Å². The van der Waals surface area contributed by atoms with Gasteiger partial charge >= 0.3 is 0 Å². The van der Waals surface area contributed by atoms with E-state index in [1.165, 1.54) is 0 Å². The SMILES string of the molecule is CC(C)N1CCC(N(C)C(=O)c2ccnc(Cl)c2)CC1. The van der Waals surface area contributed by atoms with Gasteiger partial charge in [0.25, 0.3) is 5.91 Å². The summed E-state index contributed by atoms with van der Waals surface area (Å²) in [6, 6.07) is 4.23. The van der Waals surface area contributed by atoms with Crippen molar-refractivity contribution < 1.29 is 4.79 Å². The van der Waals surface area contributed by atoms with Gasteiger partial charge in [-0.2, -0.15) is 0 Å². The summed E-state index contributed by atoms with van der Waals surface area (Å²) in [6.07, 6.45) is 3.63. The van der Waals surface area contributed by atoms with Gasteiger partial charge in [-0.15, -0.1) is 0 Å². The number of hydrogen-bond donors (Lipinski definition) is 0. The number of hydrogen-bond acceptors (Lipinski definition) is 3. The van der Waals surface area contributed by atoms with Crippen LogP contribution in [0.4, 0.5) is 0 Å². The zero-order valence-corrected chi connectivity index (χ0v) is 13.1. The Morgan fingerprint density at radius 3 is 2.65 bits per heavy atom. The highest BCUT2D eigenvalue weighted by Gasteiger charge is 2.26. The molecule has 0 saturated carbocycles. The predicted molar refractivity (Wildman–Crippen MR) is 81.1 cm³/mol. The van der Waals surface area contributed by atoms with Crippen LogP contribution in [0.15, 0.2) is 18.3 Å². The first-order valence-electron chi connectivity index (χ1n) is 7.12. The molecule has 1 aliphatic heterocycles. The van der Waals surface area contributed by atoms with Crippen LogP contribution >= 0.6 is 11.6 Å². The molecule has 0 N–H and O–H groups in total. The molecule has 4 nitrogen and oxygen atoms in total. The minimum atomic E-state index is 0.0253. The number of carbonyl (C=O) groups is 1. The predicted octanol–water partition coefficient (Wildman–Crippen LogP) is 2.68. The fourth-order valence-electron chi connectivity index (χ4n) is 2.69. The average Bonchev–Trinajstić information content (AvgIpc) is 2.46. The quantitative estimate of drug-likeness (QED) is 0.805. The molecule has 0 spiro atoms. The molecule has 2 heterocycles. The van der Waals surface area contributed by atoms with Gasteiger partial charge in [0.05, 0.1) is 0 Å². The number of halogens is 1. The minimum absolute atomic E-state index is 0.0253. The molecule has 0 unspecified atom stereocenters. The zero-order chi connectivity index (χ0) is 14.7. The molecule has 2 rings (SSSR count). The van der Waals surface area contributed by atoms with Crippen molar-refractivity contribution in [3.8, 4) is 0 Å². The third kappa shape index (κ3) is 3.49. The Hall–Kier alpha value is -1.13. The maximum atomic E-state index is 12.4. The number of piperidine rings is 1. The second-order valence-electron chi connectivity index (χ2n) is 5.64. The summed E-state index contributed by atoms with van der Waals surface area (Å²) >= 11 is 5.84. The molecule has 0 atom stereocenters. The van der Waals surface area contributed by atoms with Crippen molar-refractivity contribution in [3.05, 3.63) is 29.0 Å². The normalized spacial score (nSPS) is 17.4. The highest BCUT2D eigenvalue weighted by molar-refractivity contribution is 6.29. The maximum Gasteiger partial charge on any atom is 0.254 e. The van der Waals surface area contributed by atoms with Crippen molar-refractivity contribution in [2.24, 2.45) is 0 Å². The first kappa shape index (κ1) is 15.3. The van der Waals surface area contributed by atoms with Crippen LogP contribution in [-0.2, 0) is 0 Å². The highest BCUT2D eigenvalue weighted by atomic mass is 35.5. The van der Waals surface area contributed by atoms with E-state index in [2.05, 4.69) is 23.7 Å². The number of rotatable bonds is 3. The van der Waals surface area contributed by atoms with Crippen LogP contribution in [0.25, 0.3) is 0 Å². The van der Waals surface area contributed by atoms with E-state index in [9.17, 15) is 4.79 Å². The third-order valence-corrected chi connectivity index (χ3v) is 4.28. The van der Waals surface area contributed by atoms with Gasteiger partial charge in [0.15, 0.2) is 0 Å². The van der Waals surface area contributed by atoms with Crippen LogP contribution in [0.1, 0.15) is 37.0 Å². The van der Waals surface area contributed by atoms with Crippen molar-refractivity contribution in [1.82, 2.24) is 14.8 Å². The van der Waals surface area contributed by atoms with Crippen LogP contribution in [0.5, 0.6) is 0 Å². The number of aromatic nitrogens is 1. The number of pyridine rings is 1. The molecular formula is C15H22ClN3O. The second-order valence-corrected chi connectivity index (χ2v) is 6.03. The summed E-state index contributed by atoms with van der Waals surface area (Å²) in [5, 5.41) is 0.360. The van der Waals surface area contributed by atoms with Gasteiger partial charge in [-0.05, 0) is 38.8 Å². The Morgan fingerprint density at radius 2 is 2.10 bits per heavy atom. The largest absolute Gasteiger partial charge is 0.339 e. The van der Waals surface area contributed by atoms with E-state index in [0.717, 1.165) is 25.9 Å². The van der Waals surface area contributed by atoms with Crippen molar-refractivity contribution in [3.63, 3.8) is 0 Å². The molecule has 1 aromatic rings. The molecule has 0 bridgehead atoms. The molecule has 1 fully saturated rings. The van der Waals surface area contributed by atoms with Gasteiger partial charge in [-0.3, -0.25) is 4.79 Å². The summed E-state index contributed by atoms with van der Waals surface area (Å²) < 4.78 is 0. The molecule has 0 aliphatic carbocycles. The monoisotopic (exact) mass is 295 g/mol. The molecule has 1 aromatic heterocycles. The van der Waals surface area contributed by atoms with Crippen LogP contribution in [0, 0.1) is 0 Å². The van der Waals surface area contributed by atoms with Gasteiger partial charge in [0.2, 0.25) is 0 Å². The molecule has 20 heavy (non-hydrogen) atoms. The zero-order valence-electron chi connectivity index (χ0n) is 12.3. The summed E-state index contributed by atoms with van der Waals surface area (Å²) in [5.74, 6) is 0.0253. The van der Waals surface area contributed by atoms with Gasteiger partial charge in [0, 0.05) is 44.0 Å². The molecule has 1 saturated heterocycles. The standard InChI is InChI=1S/C15H22ClN3O/c1-11(2)19-8-5-13(6-9-19)18(3)15(20)12-4-7-17-14(16)10-12/h4,7,10-11,13H,5-6,8-9H2,1-3H3. The van der Waals surface area contributed by atoms with E-state index in [1.807, 2.05) is 11.9 Å². The van der Waals surface area contributed by atoms with Crippen molar-refractivity contribution in [2.75, 3.05) is 20.1 Å². The molecule has 0 radical (unpaired) electrons. The molecule has 1 aliphatic rings. The summed E-state index contributed by atoms with van der Waals surface area (Å²) in [5.41, 5.74) is 0.610. The summed E-state index contributed by atoms with van der Waals surface area (Å²) in [4.78, 5) is 20.7. The van der Waals surface area contributed by atoms with Gasteiger partial charge in [-0.25, -0.2) is 4.98 Å². The summed E-state index contributed by atoms with van der Waals surface area (Å²) in [7, 11) is 1.88. The molecule has 110 valence electrons. The lowest BCUT2D eigenvalue weighted by Crippen LogP contribution is -2.47. The van der Waals surface area contributed by atoms with E-state index in [1.54, 1.807) is 18.3 Å². The fourth-order valence-corrected chi connectivity index (χ4v) is 2.87. The number of nitrogens with zero attached hydrogens (tertiary/aromatic N) is 3. The van der Waals surface area contributed by atoms with Gasteiger partial charge < -0.3 is 9.80 Å². The van der Waals surface area contributed by atoms with Gasteiger partial charge in [0.1, 0.15) is 5.15 Å². The molecule has 0 aromatic carbocycles. The topological polar surface area (TPSA) is 36.4 Å². The Kier molecular flexibility index (Phi) is 5.00. The van der Waals surface area contributed by atoms with Crippen molar-refractivity contribution in [2.45, 2.75) is 38.8 Å². The summed E-state index contributed by atoms with van der Waals surface area (Å²) in [6.45, 7) is 6.54. The lowest BCUT2D eigenvalue weighted by atomic mass is 10.0. The number of amides is 1. The number of carbonyl (C=O) groups excluding carboxylic acids is 1. The maximum absolute atomic E-state index is 12.4.